The van der Waals surface area contributed by atoms with Gasteiger partial charge >= 0.3 is 0 Å². The molecule has 8 heteroatoms. The number of sulfonamides is 1. The largest absolute Gasteiger partial charge is 0.497 e. The lowest BCUT2D eigenvalue weighted by molar-refractivity contribution is -0.131. The Morgan fingerprint density at radius 3 is 2.26 bits per heavy atom. The van der Waals surface area contributed by atoms with E-state index in [2.05, 4.69) is 4.90 Å². The minimum Gasteiger partial charge on any atom is -0.497 e. The monoisotopic (exact) mass is 397 g/mol. The first-order valence-electron chi connectivity index (χ1n) is 9.39. The third-order valence-electron chi connectivity index (χ3n) is 5.12. The van der Waals surface area contributed by atoms with Crippen LogP contribution in [0.25, 0.3) is 0 Å². The number of nitrogens with zero attached hydrogens (tertiary/aromatic N) is 3. The molecule has 0 saturated carbocycles. The number of methoxy groups -OCH3 is 1. The Morgan fingerprint density at radius 2 is 1.78 bits per heavy atom. The predicted octanol–water partition coefficient (Wildman–Crippen LogP) is 1.79. The fourth-order valence-corrected chi connectivity index (χ4v) is 4.51. The molecule has 0 aliphatic carbocycles. The van der Waals surface area contributed by atoms with Gasteiger partial charge in [0.25, 0.3) is 0 Å². The van der Waals surface area contributed by atoms with Crippen LogP contribution in [0.1, 0.15) is 26.7 Å². The van der Waals surface area contributed by atoms with Gasteiger partial charge in [0, 0.05) is 50.9 Å². The van der Waals surface area contributed by atoms with Crippen LogP contribution >= 0.6 is 0 Å². The van der Waals surface area contributed by atoms with Crippen LogP contribution in [0.2, 0.25) is 0 Å². The average Bonchev–Trinajstić information content (AvgIpc) is 2.67. The highest BCUT2D eigenvalue weighted by Gasteiger charge is 2.25. The summed E-state index contributed by atoms with van der Waals surface area (Å²) in [6, 6.07) is 7.81. The molecule has 2 rings (SSSR count). The summed E-state index contributed by atoms with van der Waals surface area (Å²) < 4.78 is 30.5. The van der Waals surface area contributed by atoms with Crippen molar-refractivity contribution in [3.05, 3.63) is 24.3 Å². The Kier molecular flexibility index (Phi) is 7.49. The summed E-state index contributed by atoms with van der Waals surface area (Å²) >= 11 is 0. The summed E-state index contributed by atoms with van der Waals surface area (Å²) in [5.41, 5.74) is 1.11. The van der Waals surface area contributed by atoms with E-state index >= 15 is 0 Å². The maximum atomic E-state index is 12.5. The Morgan fingerprint density at radius 1 is 1.19 bits per heavy atom. The summed E-state index contributed by atoms with van der Waals surface area (Å²) in [5.74, 6) is 0.839. The van der Waals surface area contributed by atoms with E-state index in [1.807, 2.05) is 43.0 Å². The van der Waals surface area contributed by atoms with Crippen LogP contribution in [0.5, 0.6) is 5.75 Å². The number of hydrogen-bond acceptors (Lipinski definition) is 5. The number of hydrogen-bond donors (Lipinski definition) is 0. The molecule has 1 amide bonds. The van der Waals surface area contributed by atoms with Crippen molar-refractivity contribution in [3.63, 3.8) is 0 Å². The van der Waals surface area contributed by atoms with E-state index in [0.29, 0.717) is 13.1 Å². The van der Waals surface area contributed by atoms with Crippen LogP contribution in [0, 0.1) is 0 Å². The van der Waals surface area contributed by atoms with Gasteiger partial charge in [0.15, 0.2) is 0 Å². The first kappa shape index (κ1) is 21.5. The van der Waals surface area contributed by atoms with Gasteiger partial charge in [-0.1, -0.05) is 6.92 Å². The Hall–Kier alpha value is -1.80. The number of anilines is 1. The molecule has 0 aromatic heterocycles. The lowest BCUT2D eigenvalue weighted by Crippen LogP contribution is -2.49. The standard InChI is InChI=1S/C19H31N3O4S/c1-5-16(2)22(27(4,24)25)11-10-19(23)21-14-12-20(13-15-21)17-6-8-18(26-3)9-7-17/h6-9,16H,5,10-15H2,1-4H3. The van der Waals surface area contributed by atoms with Crippen LogP contribution in [-0.2, 0) is 14.8 Å². The Labute approximate surface area is 162 Å². The molecular weight excluding hydrogens is 366 g/mol. The van der Waals surface area contributed by atoms with E-state index in [1.165, 1.54) is 10.6 Å². The molecule has 0 spiro atoms. The summed E-state index contributed by atoms with van der Waals surface area (Å²) in [5, 5.41) is 0. The highest BCUT2D eigenvalue weighted by atomic mass is 32.2. The van der Waals surface area contributed by atoms with Crippen molar-refractivity contribution in [2.45, 2.75) is 32.7 Å². The van der Waals surface area contributed by atoms with E-state index in [4.69, 9.17) is 4.74 Å². The summed E-state index contributed by atoms with van der Waals surface area (Å²) in [6.45, 7) is 6.88. The van der Waals surface area contributed by atoms with E-state index in [9.17, 15) is 13.2 Å². The van der Waals surface area contributed by atoms with Gasteiger partial charge in [-0.05, 0) is 37.6 Å². The highest BCUT2D eigenvalue weighted by Crippen LogP contribution is 2.21. The number of carbonyl (C=O) groups excluding carboxylic acids is 1. The minimum absolute atomic E-state index is 0.0151. The molecule has 27 heavy (non-hydrogen) atoms. The van der Waals surface area contributed by atoms with Gasteiger partial charge in [-0.25, -0.2) is 8.42 Å². The van der Waals surface area contributed by atoms with E-state index in [-0.39, 0.29) is 24.9 Å². The number of piperazine rings is 1. The number of carbonyl (C=O) groups is 1. The predicted molar refractivity (Wildman–Crippen MR) is 108 cm³/mol. The minimum atomic E-state index is -3.31. The molecule has 1 aliphatic heterocycles. The molecule has 1 saturated heterocycles. The molecule has 152 valence electrons. The highest BCUT2D eigenvalue weighted by molar-refractivity contribution is 7.88. The zero-order chi connectivity index (χ0) is 20.0. The van der Waals surface area contributed by atoms with Crippen molar-refractivity contribution in [1.82, 2.24) is 9.21 Å². The van der Waals surface area contributed by atoms with E-state index < -0.39 is 10.0 Å². The Bertz CT molecular complexity index is 713. The number of ether oxygens (including phenoxy) is 1. The normalized spacial score (nSPS) is 16.5. The molecule has 7 nitrogen and oxygen atoms in total. The van der Waals surface area contributed by atoms with E-state index in [0.717, 1.165) is 30.9 Å². The number of rotatable bonds is 8. The van der Waals surface area contributed by atoms with Crippen LogP contribution in [0.15, 0.2) is 24.3 Å². The van der Waals surface area contributed by atoms with Crippen molar-refractivity contribution in [2.75, 3.05) is 51.0 Å². The van der Waals surface area contributed by atoms with Crippen molar-refractivity contribution in [1.29, 1.82) is 0 Å². The van der Waals surface area contributed by atoms with Crippen LogP contribution in [-0.4, -0.2) is 75.7 Å². The van der Waals surface area contributed by atoms with Gasteiger partial charge in [0.1, 0.15) is 5.75 Å². The smallest absolute Gasteiger partial charge is 0.224 e. The Balaban J connectivity index is 1.86. The summed E-state index contributed by atoms with van der Waals surface area (Å²) in [7, 11) is -1.66. The second-order valence-corrected chi connectivity index (χ2v) is 8.88. The number of amides is 1. The SMILES string of the molecule is CCC(C)N(CCC(=O)N1CCN(c2ccc(OC)cc2)CC1)S(C)(=O)=O. The molecule has 1 aromatic rings. The third kappa shape index (κ3) is 5.84. The lowest BCUT2D eigenvalue weighted by atomic mass is 10.2. The van der Waals surface area contributed by atoms with Crippen molar-refractivity contribution in [2.24, 2.45) is 0 Å². The number of benzene rings is 1. The molecule has 1 unspecified atom stereocenters. The maximum absolute atomic E-state index is 12.5. The molecule has 1 heterocycles. The van der Waals surface area contributed by atoms with Crippen molar-refractivity contribution >= 4 is 21.6 Å². The quantitative estimate of drug-likeness (QED) is 0.669. The molecular formula is C19H31N3O4S. The third-order valence-corrected chi connectivity index (χ3v) is 6.52. The molecule has 1 fully saturated rings. The van der Waals surface area contributed by atoms with Gasteiger partial charge in [-0.15, -0.1) is 0 Å². The van der Waals surface area contributed by atoms with Crippen molar-refractivity contribution < 1.29 is 17.9 Å². The van der Waals surface area contributed by atoms with Gasteiger partial charge in [-0.2, -0.15) is 4.31 Å². The fraction of sp³-hybridized carbons (Fsp3) is 0.632. The van der Waals surface area contributed by atoms with Crippen LogP contribution in [0.4, 0.5) is 5.69 Å². The van der Waals surface area contributed by atoms with Gasteiger partial charge in [-0.3, -0.25) is 4.79 Å². The van der Waals surface area contributed by atoms with Gasteiger partial charge in [0.2, 0.25) is 15.9 Å². The average molecular weight is 398 g/mol. The molecule has 0 bridgehead atoms. The van der Waals surface area contributed by atoms with Gasteiger partial charge in [0.05, 0.1) is 13.4 Å². The molecule has 1 atom stereocenters. The zero-order valence-electron chi connectivity index (χ0n) is 16.7. The maximum Gasteiger partial charge on any atom is 0.224 e. The van der Waals surface area contributed by atoms with E-state index in [1.54, 1.807) is 7.11 Å². The zero-order valence-corrected chi connectivity index (χ0v) is 17.5. The van der Waals surface area contributed by atoms with Crippen LogP contribution < -0.4 is 9.64 Å². The summed E-state index contributed by atoms with van der Waals surface area (Å²) in [4.78, 5) is 16.6. The molecule has 1 aromatic carbocycles. The van der Waals surface area contributed by atoms with Gasteiger partial charge < -0.3 is 14.5 Å². The summed E-state index contributed by atoms with van der Waals surface area (Å²) in [6.07, 6.45) is 2.15. The molecule has 0 radical (unpaired) electrons. The topological polar surface area (TPSA) is 70.2 Å². The second kappa shape index (κ2) is 9.41. The molecule has 1 aliphatic rings. The van der Waals surface area contributed by atoms with Crippen LogP contribution in [0.3, 0.4) is 0 Å². The van der Waals surface area contributed by atoms with Crippen molar-refractivity contribution in [3.8, 4) is 5.75 Å². The second-order valence-electron chi connectivity index (χ2n) is 6.95. The first-order chi connectivity index (χ1) is 12.8. The fourth-order valence-electron chi connectivity index (χ4n) is 3.29. The lowest BCUT2D eigenvalue weighted by Gasteiger charge is -2.36. The first-order valence-corrected chi connectivity index (χ1v) is 11.2. The molecule has 0 N–H and O–H groups in total.